The standard InChI is InChI=1S/C21H25N3O3/c1-3-24(4-2)15-19(25)23-18-13-9-8-12-17(18)21(22-14-20(26)27)16-10-6-5-7-11-16/h5-13H,3-4,14-15H2,1-2H3,(H,23,25)(H,26,27). The van der Waals surface area contributed by atoms with Crippen molar-refractivity contribution in [3.63, 3.8) is 0 Å². The largest absolute Gasteiger partial charge is 0.480 e. The van der Waals surface area contributed by atoms with E-state index in [1.165, 1.54) is 0 Å². The highest BCUT2D eigenvalue weighted by Gasteiger charge is 2.15. The van der Waals surface area contributed by atoms with Crippen molar-refractivity contribution in [2.24, 2.45) is 4.99 Å². The molecule has 2 N–H and O–H groups in total. The lowest BCUT2D eigenvalue weighted by molar-refractivity contribution is -0.135. The maximum absolute atomic E-state index is 12.4. The van der Waals surface area contributed by atoms with E-state index >= 15 is 0 Å². The Morgan fingerprint density at radius 3 is 2.26 bits per heavy atom. The minimum absolute atomic E-state index is 0.114. The average molecular weight is 367 g/mol. The Morgan fingerprint density at radius 2 is 1.63 bits per heavy atom. The number of hydrogen-bond donors (Lipinski definition) is 2. The van der Waals surface area contributed by atoms with Crippen molar-refractivity contribution in [2.45, 2.75) is 13.8 Å². The summed E-state index contributed by atoms with van der Waals surface area (Å²) >= 11 is 0. The van der Waals surface area contributed by atoms with Gasteiger partial charge in [-0.3, -0.25) is 19.5 Å². The molecule has 0 aliphatic rings. The van der Waals surface area contributed by atoms with E-state index < -0.39 is 5.97 Å². The molecular formula is C21H25N3O3. The summed E-state index contributed by atoms with van der Waals surface area (Å²) < 4.78 is 0. The van der Waals surface area contributed by atoms with Crippen LogP contribution in [-0.4, -0.2) is 53.8 Å². The maximum Gasteiger partial charge on any atom is 0.325 e. The first-order valence-electron chi connectivity index (χ1n) is 8.98. The molecule has 2 aromatic carbocycles. The van der Waals surface area contributed by atoms with E-state index in [1.54, 1.807) is 6.07 Å². The number of rotatable bonds is 9. The SMILES string of the molecule is CCN(CC)CC(=O)Nc1ccccc1C(=NCC(=O)O)c1ccccc1. The van der Waals surface area contributed by atoms with Crippen molar-refractivity contribution in [3.8, 4) is 0 Å². The van der Waals surface area contributed by atoms with E-state index in [0.29, 0.717) is 23.5 Å². The topological polar surface area (TPSA) is 82.0 Å². The molecule has 0 aliphatic carbocycles. The molecule has 2 rings (SSSR count). The van der Waals surface area contributed by atoms with E-state index in [0.717, 1.165) is 18.7 Å². The fraction of sp³-hybridized carbons (Fsp3) is 0.286. The van der Waals surface area contributed by atoms with Gasteiger partial charge in [-0.15, -0.1) is 0 Å². The number of aliphatic imine (C=N–C) groups is 1. The number of carbonyl (C=O) groups is 2. The van der Waals surface area contributed by atoms with Crippen LogP contribution in [0.4, 0.5) is 5.69 Å². The van der Waals surface area contributed by atoms with Crippen molar-refractivity contribution < 1.29 is 14.7 Å². The van der Waals surface area contributed by atoms with Gasteiger partial charge in [0.1, 0.15) is 6.54 Å². The van der Waals surface area contributed by atoms with Gasteiger partial charge in [0.05, 0.1) is 17.9 Å². The Bertz CT molecular complexity index is 799. The maximum atomic E-state index is 12.4. The Morgan fingerprint density at radius 1 is 1.00 bits per heavy atom. The van der Waals surface area contributed by atoms with E-state index in [9.17, 15) is 9.59 Å². The van der Waals surface area contributed by atoms with Gasteiger partial charge in [-0.1, -0.05) is 62.4 Å². The second-order valence-corrected chi connectivity index (χ2v) is 5.98. The van der Waals surface area contributed by atoms with Gasteiger partial charge in [-0.05, 0) is 19.2 Å². The van der Waals surface area contributed by atoms with Crippen LogP contribution in [0.3, 0.4) is 0 Å². The lowest BCUT2D eigenvalue weighted by atomic mass is 10.0. The molecule has 0 fully saturated rings. The minimum Gasteiger partial charge on any atom is -0.480 e. The van der Waals surface area contributed by atoms with E-state index in [1.807, 2.05) is 67.3 Å². The van der Waals surface area contributed by atoms with Crippen LogP contribution in [0, 0.1) is 0 Å². The molecule has 0 aromatic heterocycles. The van der Waals surface area contributed by atoms with Gasteiger partial charge in [0, 0.05) is 11.1 Å². The summed E-state index contributed by atoms with van der Waals surface area (Å²) in [6, 6.07) is 16.7. The minimum atomic E-state index is -1.01. The molecule has 0 unspecified atom stereocenters. The van der Waals surface area contributed by atoms with Crippen molar-refractivity contribution in [3.05, 3.63) is 65.7 Å². The number of nitrogens with zero attached hydrogens (tertiary/aromatic N) is 2. The third-order valence-electron chi connectivity index (χ3n) is 4.14. The molecule has 6 heteroatoms. The van der Waals surface area contributed by atoms with Crippen molar-refractivity contribution in [1.82, 2.24) is 4.90 Å². The first-order chi connectivity index (χ1) is 13.0. The van der Waals surface area contributed by atoms with Gasteiger partial charge in [0.15, 0.2) is 0 Å². The normalized spacial score (nSPS) is 11.4. The van der Waals surface area contributed by atoms with Crippen molar-refractivity contribution >= 4 is 23.3 Å². The van der Waals surface area contributed by atoms with Crippen LogP contribution in [0.25, 0.3) is 0 Å². The van der Waals surface area contributed by atoms with Crippen LogP contribution in [0.1, 0.15) is 25.0 Å². The first kappa shape index (κ1) is 20.3. The fourth-order valence-electron chi connectivity index (χ4n) is 2.71. The molecule has 0 bridgehead atoms. The van der Waals surface area contributed by atoms with Gasteiger partial charge in [-0.25, -0.2) is 0 Å². The van der Waals surface area contributed by atoms with Crippen molar-refractivity contribution in [2.75, 3.05) is 31.5 Å². The highest BCUT2D eigenvalue weighted by atomic mass is 16.4. The molecule has 0 heterocycles. The average Bonchev–Trinajstić information content (AvgIpc) is 2.68. The van der Waals surface area contributed by atoms with Crippen LogP contribution < -0.4 is 5.32 Å². The molecule has 0 radical (unpaired) electrons. The zero-order valence-corrected chi connectivity index (χ0v) is 15.7. The van der Waals surface area contributed by atoms with Gasteiger partial charge < -0.3 is 10.4 Å². The molecule has 27 heavy (non-hydrogen) atoms. The molecule has 6 nitrogen and oxygen atoms in total. The second-order valence-electron chi connectivity index (χ2n) is 5.98. The second kappa shape index (κ2) is 10.2. The summed E-state index contributed by atoms with van der Waals surface area (Å²) in [5, 5.41) is 12.0. The number of aliphatic carboxylic acids is 1. The number of nitrogens with one attached hydrogen (secondary N) is 1. The monoisotopic (exact) mass is 367 g/mol. The number of likely N-dealkylation sites (N-methyl/N-ethyl adjacent to an activating group) is 1. The van der Waals surface area contributed by atoms with Crippen LogP contribution in [0.2, 0.25) is 0 Å². The predicted octanol–water partition coefficient (Wildman–Crippen LogP) is 2.89. The third kappa shape index (κ3) is 6.04. The van der Waals surface area contributed by atoms with E-state index in [2.05, 4.69) is 10.3 Å². The Balaban J connectivity index is 2.36. The van der Waals surface area contributed by atoms with Crippen LogP contribution in [-0.2, 0) is 9.59 Å². The lowest BCUT2D eigenvalue weighted by Crippen LogP contribution is -2.33. The predicted molar refractivity (Wildman–Crippen MR) is 107 cm³/mol. The molecule has 142 valence electrons. The Hall–Kier alpha value is -2.99. The van der Waals surface area contributed by atoms with Gasteiger partial charge in [0.2, 0.25) is 5.91 Å². The molecule has 0 saturated carbocycles. The molecule has 0 saturated heterocycles. The molecule has 0 atom stereocenters. The highest BCUT2D eigenvalue weighted by Crippen LogP contribution is 2.20. The molecule has 0 aliphatic heterocycles. The zero-order chi connectivity index (χ0) is 19.6. The van der Waals surface area contributed by atoms with Crippen LogP contribution >= 0.6 is 0 Å². The smallest absolute Gasteiger partial charge is 0.325 e. The van der Waals surface area contributed by atoms with Gasteiger partial charge >= 0.3 is 5.97 Å². The highest BCUT2D eigenvalue weighted by molar-refractivity contribution is 6.17. The third-order valence-corrected chi connectivity index (χ3v) is 4.14. The zero-order valence-electron chi connectivity index (χ0n) is 15.7. The molecule has 0 spiro atoms. The Kier molecular flexibility index (Phi) is 7.70. The number of benzene rings is 2. The summed E-state index contributed by atoms with van der Waals surface area (Å²) in [6.07, 6.45) is 0. The van der Waals surface area contributed by atoms with Crippen LogP contribution in [0.5, 0.6) is 0 Å². The summed E-state index contributed by atoms with van der Waals surface area (Å²) in [4.78, 5) is 29.8. The first-order valence-corrected chi connectivity index (χ1v) is 8.98. The number of carboxylic acid groups (broad SMARTS) is 1. The van der Waals surface area contributed by atoms with Gasteiger partial charge in [-0.2, -0.15) is 0 Å². The molecular weight excluding hydrogens is 342 g/mol. The van der Waals surface area contributed by atoms with E-state index in [4.69, 9.17) is 5.11 Å². The Labute approximate surface area is 159 Å². The number of para-hydroxylation sites is 1. The summed E-state index contributed by atoms with van der Waals surface area (Å²) in [5.74, 6) is -1.12. The number of carbonyl (C=O) groups excluding carboxylic acids is 1. The quantitative estimate of drug-likeness (QED) is 0.668. The fourth-order valence-corrected chi connectivity index (χ4v) is 2.71. The van der Waals surface area contributed by atoms with Crippen LogP contribution in [0.15, 0.2) is 59.6 Å². The van der Waals surface area contributed by atoms with E-state index in [-0.39, 0.29) is 12.5 Å². The summed E-state index contributed by atoms with van der Waals surface area (Å²) in [7, 11) is 0. The van der Waals surface area contributed by atoms with Crippen molar-refractivity contribution in [1.29, 1.82) is 0 Å². The number of carboxylic acids is 1. The summed E-state index contributed by atoms with van der Waals surface area (Å²) in [5.41, 5.74) is 2.64. The number of amides is 1. The number of hydrogen-bond acceptors (Lipinski definition) is 4. The van der Waals surface area contributed by atoms with Gasteiger partial charge in [0.25, 0.3) is 0 Å². The summed E-state index contributed by atoms with van der Waals surface area (Å²) in [6.45, 7) is 5.57. The lowest BCUT2D eigenvalue weighted by Gasteiger charge is -2.18. The number of anilines is 1. The molecule has 1 amide bonds. The molecule has 2 aromatic rings.